The summed E-state index contributed by atoms with van der Waals surface area (Å²) < 4.78 is 138. The minimum atomic E-state index is -4.80. The van der Waals surface area contributed by atoms with Gasteiger partial charge in [0.25, 0.3) is 0 Å². The molecule has 8 bridgehead atoms. The second-order valence-electron chi connectivity index (χ2n) is 13.5. The summed E-state index contributed by atoms with van der Waals surface area (Å²) >= 11 is 0. The van der Waals surface area contributed by atoms with E-state index in [2.05, 4.69) is 0 Å². The molecule has 0 amide bonds. The lowest BCUT2D eigenvalue weighted by Crippen LogP contribution is -2.92. The molecule has 0 atom stereocenters. The molecule has 36 heteroatoms. The summed E-state index contributed by atoms with van der Waals surface area (Å²) in [6, 6.07) is 0. The van der Waals surface area contributed by atoms with Crippen LogP contribution in [0.15, 0.2) is 0 Å². The average Bonchev–Trinajstić information content (AvgIpc) is 2.79. The quantitative estimate of drug-likeness (QED) is 0.203. The molecule has 0 aromatic carbocycles. The lowest BCUT2D eigenvalue weighted by molar-refractivity contribution is -0.127. The van der Waals surface area contributed by atoms with E-state index in [1.807, 2.05) is 105 Å². The Hall–Kier alpha value is 2.67. The van der Waals surface area contributed by atoms with Gasteiger partial charge in [0.2, 0.25) is 0 Å². The largest absolute Gasteiger partial charge is 0.651 e. The molecule has 0 saturated carbocycles. The van der Waals surface area contributed by atoms with Gasteiger partial charge in [0.15, 0.2) is 72.3 Å². The van der Waals surface area contributed by atoms with Crippen LogP contribution >= 0.6 is 0 Å². The second-order valence-corrected chi connectivity index (χ2v) is 52.7. The molecule has 52 heavy (non-hydrogen) atoms. The smallest absolute Gasteiger partial charge is 0.398 e. The Morgan fingerprint density at radius 2 is 0.404 bits per heavy atom. The molecule has 6 rings (SSSR count). The van der Waals surface area contributed by atoms with Crippen molar-refractivity contribution in [1.29, 1.82) is 0 Å². The fourth-order valence-corrected chi connectivity index (χ4v) is 62.1. The molecular weight excluding hydrogens is 962 g/mol. The third-order valence-electron chi connectivity index (χ3n) is 5.68. The second kappa shape index (κ2) is 16.6. The van der Waals surface area contributed by atoms with Crippen LogP contribution in [0.3, 0.4) is 0 Å². The first kappa shape index (κ1) is 45.7. The normalized spacial score (nSPS) is 42.0. The van der Waals surface area contributed by atoms with E-state index in [0.29, 0.717) is 0 Å². The highest BCUT2D eigenvalue weighted by atomic mass is 28.7. The maximum absolute atomic E-state index is 7.02. The van der Waals surface area contributed by atoms with Crippen LogP contribution in [-0.2, 0) is 82.3 Å². The van der Waals surface area contributed by atoms with Crippen LogP contribution in [0, 0.1) is 0 Å². The zero-order valence-corrected chi connectivity index (χ0v) is 48.4. The SMILES string of the molecule is C[Si](C)O[Si]12O[Si]3(O[Si](C)C)O[Si]4(O[Si](C)C)O[Si](O[Si](C)C)(O1)O[Si]1(O[Si](C)C)O[Si](O[Si](C)C)(O2)O[Si](O[Si](C)C)(O3)O[Si](O[SiH](C)C)(O4)O1. The van der Waals surface area contributed by atoms with Crippen molar-refractivity contribution in [1.82, 2.24) is 0 Å². The fourth-order valence-electron chi connectivity index (χ4n) is 4.89. The summed E-state index contributed by atoms with van der Waals surface area (Å²) in [5.41, 5.74) is 0. The van der Waals surface area contributed by atoms with Crippen molar-refractivity contribution >= 4 is 145 Å². The van der Waals surface area contributed by atoms with Crippen LogP contribution in [-0.4, -0.2) is 145 Å². The van der Waals surface area contributed by atoms with Crippen LogP contribution in [0.2, 0.25) is 105 Å². The van der Waals surface area contributed by atoms with Crippen molar-refractivity contribution in [2.24, 2.45) is 0 Å². The third-order valence-corrected chi connectivity index (χ3v) is 51.2. The maximum atomic E-state index is 7.02. The summed E-state index contributed by atoms with van der Waals surface area (Å²) in [6.45, 7) is 30.1. The van der Waals surface area contributed by atoms with Gasteiger partial charge >= 0.3 is 72.4 Å². The van der Waals surface area contributed by atoms with E-state index in [0.717, 1.165) is 0 Å². The minimum absolute atomic E-state index is 1.75. The summed E-state index contributed by atoms with van der Waals surface area (Å²) in [4.78, 5) is 0. The third kappa shape index (κ3) is 10.7. The van der Waals surface area contributed by atoms with Gasteiger partial charge in [-0.25, -0.2) is 0 Å². The molecule has 0 spiro atoms. The van der Waals surface area contributed by atoms with E-state index in [4.69, 9.17) is 82.3 Å². The minimum Gasteiger partial charge on any atom is -0.398 e. The van der Waals surface area contributed by atoms with Crippen molar-refractivity contribution < 1.29 is 82.3 Å². The van der Waals surface area contributed by atoms with Gasteiger partial charge in [-0.05, 0) is 105 Å². The number of rotatable bonds is 16. The summed E-state index contributed by atoms with van der Waals surface area (Å²) in [5, 5.41) is 0. The molecular formula is C16H49O20Si16. The van der Waals surface area contributed by atoms with Crippen molar-refractivity contribution in [2.45, 2.75) is 105 Å². The first-order valence-corrected chi connectivity index (χ1v) is 49.1. The molecule has 0 unspecified atom stereocenters. The van der Waals surface area contributed by atoms with Crippen molar-refractivity contribution in [2.75, 3.05) is 0 Å². The summed E-state index contributed by atoms with van der Waals surface area (Å²) in [7, 11) is -52.8. The van der Waals surface area contributed by atoms with Crippen LogP contribution in [0.1, 0.15) is 0 Å². The molecule has 20 nitrogen and oxygen atoms in total. The Morgan fingerprint density at radius 3 is 0.519 bits per heavy atom. The molecule has 0 aromatic rings. The van der Waals surface area contributed by atoms with Gasteiger partial charge in [0.1, 0.15) is 0 Å². The van der Waals surface area contributed by atoms with Gasteiger partial charge in [0, 0.05) is 0 Å². The lowest BCUT2D eigenvalue weighted by Gasteiger charge is -2.59. The highest BCUT2D eigenvalue weighted by Gasteiger charge is 2.91. The van der Waals surface area contributed by atoms with Gasteiger partial charge in [0.05, 0.1) is 0 Å². The molecule has 297 valence electrons. The molecule has 0 aromatic heterocycles. The van der Waals surface area contributed by atoms with E-state index in [9.17, 15) is 0 Å². The molecule has 6 fully saturated rings. The molecule has 0 N–H and O–H groups in total. The predicted molar refractivity (Wildman–Crippen MR) is 209 cm³/mol. The molecule has 7 radical (unpaired) electrons. The molecule has 6 aliphatic heterocycles. The zero-order valence-electron chi connectivity index (χ0n) is 32.2. The molecule has 6 saturated heterocycles. The van der Waals surface area contributed by atoms with E-state index < -0.39 is 145 Å². The van der Waals surface area contributed by atoms with Gasteiger partial charge in [-0.2, -0.15) is 0 Å². The maximum Gasteiger partial charge on any atom is 0.651 e. The van der Waals surface area contributed by atoms with Crippen LogP contribution in [0.25, 0.3) is 0 Å². The molecule has 6 heterocycles. The van der Waals surface area contributed by atoms with Crippen LogP contribution in [0.4, 0.5) is 0 Å². The summed E-state index contributed by atoms with van der Waals surface area (Å²) in [6.07, 6.45) is 0. The fraction of sp³-hybridized carbons (Fsp3) is 1.00. The molecule has 0 aliphatic carbocycles. The predicted octanol–water partition coefficient (Wildman–Crippen LogP) is 1.61. The Bertz CT molecular complexity index is 907. The van der Waals surface area contributed by atoms with Crippen LogP contribution < -0.4 is 0 Å². The Labute approximate surface area is 329 Å². The number of hydrogen-bond donors (Lipinski definition) is 0. The zero-order chi connectivity index (χ0) is 38.8. The van der Waals surface area contributed by atoms with E-state index in [1.165, 1.54) is 0 Å². The average molecular weight is 1010 g/mol. The van der Waals surface area contributed by atoms with Gasteiger partial charge in [-0.3, -0.25) is 0 Å². The first-order chi connectivity index (χ1) is 23.8. The van der Waals surface area contributed by atoms with E-state index in [-0.39, 0.29) is 0 Å². The van der Waals surface area contributed by atoms with E-state index >= 15 is 0 Å². The van der Waals surface area contributed by atoms with E-state index in [1.54, 1.807) is 0 Å². The standard InChI is InChI=1S/C16H49O20Si16/c1-37(2)17-45-25-46(18-38(3)4)28-49(21-41(9)10)30-47(26-45,19-39(5)6)32-51(23-43(13)14)33-48(27-45,20-40(7)8)31-50(29-46,22-42(11)12)35-52(34-49,36-51)24-44(15)16/h37H,1-16H3. The monoisotopic (exact) mass is 1010 g/mol. The van der Waals surface area contributed by atoms with Crippen LogP contribution in [0.5, 0.6) is 0 Å². The van der Waals surface area contributed by atoms with Crippen molar-refractivity contribution in [3.63, 3.8) is 0 Å². The van der Waals surface area contributed by atoms with Gasteiger partial charge < -0.3 is 82.3 Å². The first-order valence-electron chi connectivity index (χ1n) is 16.4. The Kier molecular flexibility index (Phi) is 14.6. The topological polar surface area (TPSA) is 185 Å². The molecule has 6 aliphatic rings. The van der Waals surface area contributed by atoms with Crippen molar-refractivity contribution in [3.05, 3.63) is 0 Å². The highest BCUT2D eigenvalue weighted by Crippen LogP contribution is 2.50. The Morgan fingerprint density at radius 1 is 0.269 bits per heavy atom. The van der Waals surface area contributed by atoms with Gasteiger partial charge in [-0.15, -0.1) is 0 Å². The van der Waals surface area contributed by atoms with Gasteiger partial charge in [-0.1, -0.05) is 0 Å². The summed E-state index contributed by atoms with van der Waals surface area (Å²) in [5.74, 6) is 0. The highest BCUT2D eigenvalue weighted by molar-refractivity contribution is 7.01. The Balaban J connectivity index is 1.97. The lowest BCUT2D eigenvalue weighted by atomic mass is 11.9. The van der Waals surface area contributed by atoms with Crippen molar-refractivity contribution in [3.8, 4) is 0 Å². The number of hydrogen-bond acceptors (Lipinski definition) is 20.